The Balaban J connectivity index is 1.51. The summed E-state index contributed by atoms with van der Waals surface area (Å²) >= 11 is 5.16. The molecule has 1 atom stereocenters. The molecule has 0 aliphatic heterocycles. The number of thioether (sulfide) groups is 1. The molecule has 0 spiro atoms. The van der Waals surface area contributed by atoms with Crippen molar-refractivity contribution in [3.63, 3.8) is 0 Å². The van der Waals surface area contributed by atoms with E-state index in [0.29, 0.717) is 0 Å². The summed E-state index contributed by atoms with van der Waals surface area (Å²) in [6.45, 7) is 4.92. The highest BCUT2D eigenvalue weighted by Gasteiger charge is 2.19. The molecule has 0 radical (unpaired) electrons. The van der Waals surface area contributed by atoms with Gasteiger partial charge in [0.2, 0.25) is 0 Å². The van der Waals surface area contributed by atoms with Crippen LogP contribution in [0.5, 0.6) is 5.75 Å². The lowest BCUT2D eigenvalue weighted by Crippen LogP contribution is -2.11. The molecule has 1 aromatic heterocycles. The Morgan fingerprint density at radius 1 is 1.00 bits per heavy atom. The van der Waals surface area contributed by atoms with E-state index < -0.39 is 0 Å². The van der Waals surface area contributed by atoms with Crippen molar-refractivity contribution in [2.45, 2.75) is 37.4 Å². The van der Waals surface area contributed by atoms with Crippen LogP contribution in [0.15, 0.2) is 76.4 Å². The standard InChI is InChI=1S/C23H22BrN3OS/c1-3-27-22(16(2)28-20-13-11-19(24)12-14-20)25-26-23(27)29-15-18-9-6-8-17-7-4-5-10-21(17)18/h4-14,16H,3,15H2,1-2H3. The number of rotatable bonds is 7. The molecule has 4 rings (SSSR count). The lowest BCUT2D eigenvalue weighted by molar-refractivity contribution is 0.210. The number of nitrogens with zero attached hydrogens (tertiary/aromatic N) is 3. The van der Waals surface area contributed by atoms with Crippen LogP contribution in [0.4, 0.5) is 0 Å². The summed E-state index contributed by atoms with van der Waals surface area (Å²) < 4.78 is 9.25. The van der Waals surface area contributed by atoms with Gasteiger partial charge in [-0.25, -0.2) is 0 Å². The topological polar surface area (TPSA) is 39.9 Å². The third-order valence-electron chi connectivity index (χ3n) is 4.79. The average molecular weight is 468 g/mol. The Labute approximate surface area is 183 Å². The van der Waals surface area contributed by atoms with E-state index in [2.05, 4.69) is 80.1 Å². The third-order valence-corrected chi connectivity index (χ3v) is 6.33. The summed E-state index contributed by atoms with van der Waals surface area (Å²) in [5, 5.41) is 12.4. The molecule has 29 heavy (non-hydrogen) atoms. The molecule has 1 unspecified atom stereocenters. The molecule has 0 aliphatic rings. The predicted molar refractivity (Wildman–Crippen MR) is 122 cm³/mol. The van der Waals surface area contributed by atoms with E-state index in [4.69, 9.17) is 4.74 Å². The van der Waals surface area contributed by atoms with Gasteiger partial charge in [0.25, 0.3) is 0 Å². The molecule has 1 heterocycles. The van der Waals surface area contributed by atoms with Gasteiger partial charge in [0, 0.05) is 16.8 Å². The van der Waals surface area contributed by atoms with E-state index >= 15 is 0 Å². The van der Waals surface area contributed by atoms with Gasteiger partial charge in [0.05, 0.1) is 0 Å². The molecule has 0 fully saturated rings. The van der Waals surface area contributed by atoms with Crippen molar-refractivity contribution in [1.82, 2.24) is 14.8 Å². The summed E-state index contributed by atoms with van der Waals surface area (Å²) in [7, 11) is 0. The molecule has 0 amide bonds. The first-order valence-electron chi connectivity index (χ1n) is 9.60. The van der Waals surface area contributed by atoms with Crippen molar-refractivity contribution in [2.24, 2.45) is 0 Å². The summed E-state index contributed by atoms with van der Waals surface area (Å²) in [6.07, 6.45) is -0.185. The first kappa shape index (κ1) is 20.0. The highest BCUT2D eigenvalue weighted by molar-refractivity contribution is 9.10. The van der Waals surface area contributed by atoms with Gasteiger partial charge in [-0.1, -0.05) is 70.2 Å². The number of benzene rings is 3. The minimum absolute atomic E-state index is 0.185. The zero-order valence-electron chi connectivity index (χ0n) is 16.4. The second kappa shape index (κ2) is 9.01. The third kappa shape index (κ3) is 4.49. The normalized spacial score (nSPS) is 12.2. The van der Waals surface area contributed by atoms with Crippen LogP contribution in [-0.4, -0.2) is 14.8 Å². The Kier molecular flexibility index (Phi) is 6.21. The number of halogens is 1. The monoisotopic (exact) mass is 467 g/mol. The van der Waals surface area contributed by atoms with E-state index in [1.54, 1.807) is 11.8 Å². The van der Waals surface area contributed by atoms with Crippen molar-refractivity contribution in [3.8, 4) is 5.75 Å². The number of hydrogen-bond acceptors (Lipinski definition) is 4. The van der Waals surface area contributed by atoms with Gasteiger partial charge in [0.15, 0.2) is 17.1 Å². The number of aromatic nitrogens is 3. The Bertz CT molecular complexity index is 1110. The molecule has 0 bridgehead atoms. The highest BCUT2D eigenvalue weighted by atomic mass is 79.9. The molecule has 3 aromatic carbocycles. The van der Waals surface area contributed by atoms with Crippen molar-refractivity contribution in [3.05, 3.63) is 82.6 Å². The van der Waals surface area contributed by atoms with Gasteiger partial charge >= 0.3 is 0 Å². The number of ether oxygens (including phenoxy) is 1. The molecular formula is C23H22BrN3OS. The lowest BCUT2D eigenvalue weighted by atomic mass is 10.1. The molecule has 0 aliphatic carbocycles. The molecular weight excluding hydrogens is 446 g/mol. The molecule has 0 saturated carbocycles. The molecule has 0 saturated heterocycles. The van der Waals surface area contributed by atoms with Gasteiger partial charge in [-0.15, -0.1) is 10.2 Å². The number of hydrogen-bond donors (Lipinski definition) is 0. The van der Waals surface area contributed by atoms with Crippen molar-refractivity contribution in [1.29, 1.82) is 0 Å². The van der Waals surface area contributed by atoms with E-state index in [1.807, 2.05) is 31.2 Å². The van der Waals surface area contributed by atoms with Crippen molar-refractivity contribution in [2.75, 3.05) is 0 Å². The minimum atomic E-state index is -0.185. The quantitative estimate of drug-likeness (QED) is 0.285. The maximum absolute atomic E-state index is 6.08. The Hall–Kier alpha value is -2.31. The van der Waals surface area contributed by atoms with Crippen LogP contribution in [0.3, 0.4) is 0 Å². The maximum Gasteiger partial charge on any atom is 0.191 e. The fourth-order valence-corrected chi connectivity index (χ4v) is 4.61. The van der Waals surface area contributed by atoms with E-state index in [1.165, 1.54) is 16.3 Å². The van der Waals surface area contributed by atoms with Gasteiger partial charge < -0.3 is 9.30 Å². The van der Waals surface area contributed by atoms with Crippen LogP contribution in [0, 0.1) is 0 Å². The first-order chi connectivity index (χ1) is 14.2. The predicted octanol–water partition coefficient (Wildman–Crippen LogP) is 6.65. The Morgan fingerprint density at radius 3 is 2.55 bits per heavy atom. The fraction of sp³-hybridized carbons (Fsp3) is 0.217. The molecule has 0 N–H and O–H groups in total. The largest absolute Gasteiger partial charge is 0.483 e. The van der Waals surface area contributed by atoms with Crippen LogP contribution in [0.25, 0.3) is 10.8 Å². The molecule has 4 aromatic rings. The maximum atomic E-state index is 6.08. The summed E-state index contributed by atoms with van der Waals surface area (Å²) in [5.74, 6) is 2.51. The lowest BCUT2D eigenvalue weighted by Gasteiger charge is -2.15. The van der Waals surface area contributed by atoms with Crippen LogP contribution >= 0.6 is 27.7 Å². The smallest absolute Gasteiger partial charge is 0.191 e. The summed E-state index contributed by atoms with van der Waals surface area (Å²) in [5.41, 5.74) is 1.31. The van der Waals surface area contributed by atoms with Gasteiger partial charge in [-0.2, -0.15) is 0 Å². The van der Waals surface area contributed by atoms with Crippen molar-refractivity contribution >= 4 is 38.5 Å². The van der Waals surface area contributed by atoms with Crippen LogP contribution in [0.2, 0.25) is 0 Å². The second-order valence-corrected chi connectivity index (χ2v) is 8.58. The molecule has 4 nitrogen and oxygen atoms in total. The Morgan fingerprint density at radius 2 is 1.76 bits per heavy atom. The van der Waals surface area contributed by atoms with Crippen LogP contribution in [-0.2, 0) is 12.3 Å². The van der Waals surface area contributed by atoms with E-state index in [-0.39, 0.29) is 6.10 Å². The molecule has 6 heteroatoms. The van der Waals surface area contributed by atoms with E-state index in [0.717, 1.165) is 33.5 Å². The average Bonchev–Trinajstić information content (AvgIpc) is 3.17. The minimum Gasteiger partial charge on any atom is -0.483 e. The zero-order chi connectivity index (χ0) is 20.2. The molecule has 148 valence electrons. The summed E-state index contributed by atoms with van der Waals surface area (Å²) in [6, 6.07) is 22.8. The summed E-state index contributed by atoms with van der Waals surface area (Å²) in [4.78, 5) is 0. The van der Waals surface area contributed by atoms with E-state index in [9.17, 15) is 0 Å². The van der Waals surface area contributed by atoms with Crippen LogP contribution < -0.4 is 4.74 Å². The SMILES string of the molecule is CCn1c(SCc2cccc3ccccc23)nnc1C(C)Oc1ccc(Br)cc1. The van der Waals surface area contributed by atoms with Gasteiger partial charge in [-0.3, -0.25) is 0 Å². The van der Waals surface area contributed by atoms with Gasteiger partial charge in [-0.05, 0) is 54.4 Å². The first-order valence-corrected chi connectivity index (χ1v) is 11.4. The highest BCUT2D eigenvalue weighted by Crippen LogP contribution is 2.29. The van der Waals surface area contributed by atoms with Crippen LogP contribution in [0.1, 0.15) is 31.3 Å². The second-order valence-electron chi connectivity index (χ2n) is 6.73. The van der Waals surface area contributed by atoms with Crippen molar-refractivity contribution < 1.29 is 4.74 Å². The number of fused-ring (bicyclic) bond motifs is 1. The zero-order valence-corrected chi connectivity index (χ0v) is 18.8. The fourth-order valence-electron chi connectivity index (χ4n) is 3.34. The van der Waals surface area contributed by atoms with Gasteiger partial charge in [0.1, 0.15) is 5.75 Å².